The molecule has 144 valence electrons. The minimum absolute atomic E-state index is 0.130. The van der Waals surface area contributed by atoms with E-state index in [0.717, 1.165) is 18.2 Å². The molecule has 3 N–H and O–H groups in total. The van der Waals surface area contributed by atoms with Gasteiger partial charge in [0.15, 0.2) is 11.6 Å². The van der Waals surface area contributed by atoms with Gasteiger partial charge in [0.05, 0.1) is 12.0 Å². The quantitative estimate of drug-likeness (QED) is 0.750. The third-order valence-electron chi connectivity index (χ3n) is 3.77. The normalized spacial score (nSPS) is 12.5. The van der Waals surface area contributed by atoms with E-state index in [1.165, 1.54) is 24.3 Å². The highest BCUT2D eigenvalue weighted by Crippen LogP contribution is 2.32. The summed E-state index contributed by atoms with van der Waals surface area (Å²) in [6, 6.07) is 6.04. The van der Waals surface area contributed by atoms with Gasteiger partial charge in [-0.3, -0.25) is 9.59 Å². The van der Waals surface area contributed by atoms with Gasteiger partial charge < -0.3 is 11.1 Å². The van der Waals surface area contributed by atoms with Gasteiger partial charge in [0, 0.05) is 6.42 Å². The van der Waals surface area contributed by atoms with Crippen LogP contribution in [-0.4, -0.2) is 17.9 Å². The molecule has 0 aliphatic carbocycles. The van der Waals surface area contributed by atoms with Crippen molar-refractivity contribution < 1.29 is 31.5 Å². The van der Waals surface area contributed by atoms with Crippen LogP contribution < -0.4 is 11.1 Å². The molecule has 0 spiro atoms. The molecular formula is C18H15F5N2O2. The van der Waals surface area contributed by atoms with E-state index < -0.39 is 54.1 Å². The fraction of sp³-hybridized carbons (Fsp3) is 0.222. The van der Waals surface area contributed by atoms with Crippen molar-refractivity contribution in [3.63, 3.8) is 0 Å². The average Bonchev–Trinajstić information content (AvgIpc) is 2.57. The predicted octanol–water partition coefficient (Wildman–Crippen LogP) is 2.74. The van der Waals surface area contributed by atoms with E-state index in [0.29, 0.717) is 0 Å². The second-order valence-corrected chi connectivity index (χ2v) is 5.81. The Morgan fingerprint density at radius 3 is 2.30 bits per heavy atom. The molecule has 0 bridgehead atoms. The fourth-order valence-electron chi connectivity index (χ4n) is 2.50. The highest BCUT2D eigenvalue weighted by atomic mass is 19.4. The van der Waals surface area contributed by atoms with Gasteiger partial charge in [-0.2, -0.15) is 13.2 Å². The molecule has 9 heteroatoms. The van der Waals surface area contributed by atoms with Gasteiger partial charge >= 0.3 is 6.18 Å². The number of primary amides is 1. The van der Waals surface area contributed by atoms with Crippen LogP contribution in [0.5, 0.6) is 0 Å². The lowest BCUT2D eigenvalue weighted by molar-refractivity contribution is -0.138. The minimum atomic E-state index is -4.63. The van der Waals surface area contributed by atoms with Gasteiger partial charge in [-0.25, -0.2) is 8.78 Å². The molecule has 0 aromatic heterocycles. The van der Waals surface area contributed by atoms with Crippen molar-refractivity contribution in [3.05, 3.63) is 70.8 Å². The first-order chi connectivity index (χ1) is 12.6. The number of alkyl halides is 3. The molecule has 0 radical (unpaired) electrons. The summed E-state index contributed by atoms with van der Waals surface area (Å²) < 4.78 is 65.2. The van der Waals surface area contributed by atoms with E-state index in [2.05, 4.69) is 5.32 Å². The number of nitrogens with one attached hydrogen (secondary N) is 1. The van der Waals surface area contributed by atoms with Gasteiger partial charge in [0.2, 0.25) is 11.8 Å². The predicted molar refractivity (Wildman–Crippen MR) is 86.3 cm³/mol. The zero-order chi connectivity index (χ0) is 20.2. The van der Waals surface area contributed by atoms with Crippen molar-refractivity contribution in [2.24, 2.45) is 5.73 Å². The zero-order valence-electron chi connectivity index (χ0n) is 13.8. The largest absolute Gasteiger partial charge is 0.416 e. The summed E-state index contributed by atoms with van der Waals surface area (Å²) >= 11 is 0. The topological polar surface area (TPSA) is 72.2 Å². The Kier molecular flexibility index (Phi) is 6.14. The molecule has 2 aromatic rings. The Hall–Kier alpha value is -2.97. The van der Waals surface area contributed by atoms with Crippen molar-refractivity contribution in [1.82, 2.24) is 5.32 Å². The highest BCUT2D eigenvalue weighted by Gasteiger charge is 2.34. The fourth-order valence-corrected chi connectivity index (χ4v) is 2.50. The number of hydrogen-bond donors (Lipinski definition) is 2. The Morgan fingerprint density at radius 2 is 1.70 bits per heavy atom. The third kappa shape index (κ3) is 5.50. The zero-order valence-corrected chi connectivity index (χ0v) is 13.8. The smallest absolute Gasteiger partial charge is 0.368 e. The third-order valence-corrected chi connectivity index (χ3v) is 3.77. The Balaban J connectivity index is 2.13. The van der Waals surface area contributed by atoms with E-state index in [1.54, 1.807) is 0 Å². The number of carbonyl (C=O) groups excluding carboxylic acids is 2. The van der Waals surface area contributed by atoms with Crippen LogP contribution in [0.15, 0.2) is 42.5 Å². The number of hydrogen-bond acceptors (Lipinski definition) is 2. The van der Waals surface area contributed by atoms with Gasteiger partial charge in [-0.1, -0.05) is 24.3 Å². The Labute approximate surface area is 151 Å². The Morgan fingerprint density at radius 1 is 1.04 bits per heavy atom. The molecule has 4 nitrogen and oxygen atoms in total. The number of rotatable bonds is 6. The summed E-state index contributed by atoms with van der Waals surface area (Å²) in [6.45, 7) is 0. The second-order valence-electron chi connectivity index (χ2n) is 5.81. The SMILES string of the molecule is NC(=O)[C@H](Cc1ccccc1C(F)(F)F)NC(=O)Cc1ccc(F)c(F)c1. The van der Waals surface area contributed by atoms with Crippen molar-refractivity contribution in [2.75, 3.05) is 0 Å². The van der Waals surface area contributed by atoms with Gasteiger partial charge in [-0.15, -0.1) is 0 Å². The summed E-state index contributed by atoms with van der Waals surface area (Å²) in [5.41, 5.74) is 4.17. The standard InChI is InChI=1S/C18H15F5N2O2/c19-13-6-5-10(7-14(13)20)8-16(26)25-15(17(24)27)9-11-3-1-2-4-12(11)18(21,22)23/h1-7,15H,8-9H2,(H2,24,27)(H,25,26)/t15-/m0/s1. The van der Waals surface area contributed by atoms with E-state index in [-0.39, 0.29) is 11.1 Å². The molecule has 0 unspecified atom stereocenters. The first-order valence-electron chi connectivity index (χ1n) is 7.75. The maximum absolute atomic E-state index is 13.2. The van der Waals surface area contributed by atoms with Crippen LogP contribution in [0.25, 0.3) is 0 Å². The molecule has 0 saturated carbocycles. The van der Waals surface area contributed by atoms with Gasteiger partial charge in [0.25, 0.3) is 0 Å². The minimum Gasteiger partial charge on any atom is -0.368 e. The van der Waals surface area contributed by atoms with Crippen LogP contribution >= 0.6 is 0 Å². The van der Waals surface area contributed by atoms with Crippen LogP contribution in [0.1, 0.15) is 16.7 Å². The molecule has 0 aliphatic heterocycles. The van der Waals surface area contributed by atoms with E-state index >= 15 is 0 Å². The summed E-state index contributed by atoms with van der Waals surface area (Å²) in [4.78, 5) is 23.6. The molecular weight excluding hydrogens is 371 g/mol. The summed E-state index contributed by atoms with van der Waals surface area (Å²) in [7, 11) is 0. The molecule has 2 aromatic carbocycles. The van der Waals surface area contributed by atoms with E-state index in [4.69, 9.17) is 5.73 Å². The lowest BCUT2D eigenvalue weighted by Gasteiger charge is -2.18. The van der Waals surface area contributed by atoms with Crippen LogP contribution in [0.2, 0.25) is 0 Å². The van der Waals surface area contributed by atoms with Gasteiger partial charge in [0.1, 0.15) is 6.04 Å². The molecule has 0 saturated heterocycles. The highest BCUT2D eigenvalue weighted by molar-refractivity contribution is 5.87. The molecule has 2 rings (SSSR count). The van der Waals surface area contributed by atoms with Gasteiger partial charge in [-0.05, 0) is 29.3 Å². The number of benzene rings is 2. The average molecular weight is 386 g/mol. The first-order valence-corrected chi connectivity index (χ1v) is 7.75. The molecule has 2 amide bonds. The number of carbonyl (C=O) groups is 2. The van der Waals surface area contributed by atoms with Crippen LogP contribution in [0.3, 0.4) is 0 Å². The van der Waals surface area contributed by atoms with Crippen LogP contribution in [-0.2, 0) is 28.6 Å². The molecule has 0 aliphatic rings. The van der Waals surface area contributed by atoms with Crippen molar-refractivity contribution in [1.29, 1.82) is 0 Å². The monoisotopic (exact) mass is 386 g/mol. The maximum Gasteiger partial charge on any atom is 0.416 e. The summed E-state index contributed by atoms with van der Waals surface area (Å²) in [6.07, 6.45) is -5.50. The van der Waals surface area contributed by atoms with Crippen molar-refractivity contribution in [3.8, 4) is 0 Å². The maximum atomic E-state index is 13.2. The molecule has 0 heterocycles. The molecule has 27 heavy (non-hydrogen) atoms. The lowest BCUT2D eigenvalue weighted by atomic mass is 9.99. The Bertz CT molecular complexity index is 852. The summed E-state index contributed by atoms with van der Waals surface area (Å²) in [5.74, 6) is -4.02. The second kappa shape index (κ2) is 8.15. The van der Waals surface area contributed by atoms with E-state index in [9.17, 15) is 31.5 Å². The number of amides is 2. The number of halogens is 5. The summed E-state index contributed by atoms with van der Waals surface area (Å²) in [5, 5.41) is 2.23. The molecule has 1 atom stereocenters. The van der Waals surface area contributed by atoms with Crippen molar-refractivity contribution in [2.45, 2.75) is 25.1 Å². The lowest BCUT2D eigenvalue weighted by Crippen LogP contribution is -2.46. The first kappa shape index (κ1) is 20.3. The molecule has 0 fully saturated rings. The van der Waals surface area contributed by atoms with Crippen LogP contribution in [0, 0.1) is 11.6 Å². The van der Waals surface area contributed by atoms with Crippen molar-refractivity contribution >= 4 is 11.8 Å². The van der Waals surface area contributed by atoms with E-state index in [1.807, 2.05) is 0 Å². The number of nitrogens with two attached hydrogens (primary N) is 1. The van der Waals surface area contributed by atoms with Crippen LogP contribution in [0.4, 0.5) is 22.0 Å².